The third kappa shape index (κ3) is 1.92. The molecular formula is C18H21N5O. The van der Waals surface area contributed by atoms with Gasteiger partial charge in [0.1, 0.15) is 0 Å². The minimum absolute atomic E-state index is 0. The van der Waals surface area contributed by atoms with E-state index in [4.69, 9.17) is 9.97 Å². The molecule has 1 aliphatic heterocycles. The third-order valence-corrected chi connectivity index (χ3v) is 5.24. The number of aryl methyl sites for hydroxylation is 2. The smallest absolute Gasteiger partial charge is 0.326 e. The van der Waals surface area contributed by atoms with Gasteiger partial charge in [-0.05, 0) is 37.8 Å². The summed E-state index contributed by atoms with van der Waals surface area (Å²) in [6.45, 7) is 2.09. The number of fused-ring (bicyclic) bond motifs is 2. The van der Waals surface area contributed by atoms with Gasteiger partial charge in [0.2, 0.25) is 5.95 Å². The topological polar surface area (TPSA) is 66.8 Å². The second-order valence-corrected chi connectivity index (χ2v) is 6.71. The summed E-state index contributed by atoms with van der Waals surface area (Å²) >= 11 is 0. The van der Waals surface area contributed by atoms with E-state index in [9.17, 15) is 4.79 Å². The molecule has 6 nitrogen and oxygen atoms in total. The Morgan fingerprint density at radius 3 is 2.83 bits per heavy atom. The molecule has 1 saturated heterocycles. The van der Waals surface area contributed by atoms with Gasteiger partial charge >= 0.3 is 5.69 Å². The predicted molar refractivity (Wildman–Crippen MR) is 95.5 cm³/mol. The molecule has 1 fully saturated rings. The molecule has 0 saturated carbocycles. The summed E-state index contributed by atoms with van der Waals surface area (Å²) in [6.07, 6.45) is 4.43. The van der Waals surface area contributed by atoms with Gasteiger partial charge in [-0.25, -0.2) is 14.8 Å². The van der Waals surface area contributed by atoms with E-state index in [-0.39, 0.29) is 7.12 Å². The highest BCUT2D eigenvalue weighted by Gasteiger charge is 2.24. The molecule has 3 aromatic rings. The first-order valence-electron chi connectivity index (χ1n) is 8.54. The summed E-state index contributed by atoms with van der Waals surface area (Å²) in [5.41, 5.74) is 6.25. The Morgan fingerprint density at radius 1 is 1.17 bits per heavy atom. The standard InChI is InChI=1S/C18H19N5O.H2/c1-22-15-7-6-11(10-14(15)20-18(22)24)16-12-4-2-5-13(12)19-17(21-16)23-8-3-9-23;/h6-7,10H,2-5,8-9H2,1H3,(H,20,24);1H. The second kappa shape index (κ2) is 4.93. The van der Waals surface area contributed by atoms with Crippen molar-refractivity contribution in [1.29, 1.82) is 0 Å². The van der Waals surface area contributed by atoms with Crippen molar-refractivity contribution in [2.45, 2.75) is 25.7 Å². The van der Waals surface area contributed by atoms with Crippen molar-refractivity contribution >= 4 is 17.0 Å². The van der Waals surface area contributed by atoms with E-state index in [1.54, 1.807) is 11.6 Å². The van der Waals surface area contributed by atoms with E-state index in [0.717, 1.165) is 60.6 Å². The van der Waals surface area contributed by atoms with Gasteiger partial charge in [-0.1, -0.05) is 6.07 Å². The Morgan fingerprint density at radius 2 is 2.04 bits per heavy atom. The molecule has 0 spiro atoms. The molecule has 0 bridgehead atoms. The molecule has 3 heterocycles. The number of aromatic amines is 1. The fourth-order valence-electron chi connectivity index (χ4n) is 3.70. The molecule has 1 aromatic carbocycles. The van der Waals surface area contributed by atoms with Crippen molar-refractivity contribution in [2.75, 3.05) is 18.0 Å². The largest absolute Gasteiger partial charge is 0.341 e. The zero-order valence-corrected chi connectivity index (χ0v) is 13.7. The van der Waals surface area contributed by atoms with Crippen LogP contribution in [0.3, 0.4) is 0 Å². The molecular weight excluding hydrogens is 302 g/mol. The average molecular weight is 323 g/mol. The van der Waals surface area contributed by atoms with Crippen LogP contribution in [-0.4, -0.2) is 32.6 Å². The van der Waals surface area contributed by atoms with Gasteiger partial charge in [0, 0.05) is 38.4 Å². The number of benzene rings is 1. The molecule has 0 amide bonds. The summed E-state index contributed by atoms with van der Waals surface area (Å²) in [5, 5.41) is 0. The molecule has 0 unspecified atom stereocenters. The lowest BCUT2D eigenvalue weighted by molar-refractivity contribution is 0.599. The maximum absolute atomic E-state index is 11.8. The average Bonchev–Trinajstić information content (AvgIpc) is 3.10. The van der Waals surface area contributed by atoms with Crippen LogP contribution >= 0.6 is 0 Å². The maximum atomic E-state index is 11.8. The van der Waals surface area contributed by atoms with Crippen LogP contribution in [0.1, 0.15) is 25.5 Å². The van der Waals surface area contributed by atoms with Gasteiger partial charge in [-0.2, -0.15) is 0 Å². The van der Waals surface area contributed by atoms with E-state index in [0.29, 0.717) is 0 Å². The number of H-pyrrole nitrogens is 1. The molecule has 24 heavy (non-hydrogen) atoms. The van der Waals surface area contributed by atoms with Gasteiger partial charge in [-0.3, -0.25) is 4.57 Å². The number of aromatic nitrogens is 4. The SMILES string of the molecule is Cn1c(=O)[nH]c2cc(-c3nc(N4CCC4)nc4c3CCC4)ccc21.[HH]. The predicted octanol–water partition coefficient (Wildman–Crippen LogP) is 2.27. The summed E-state index contributed by atoms with van der Waals surface area (Å²) in [7, 11) is 1.78. The number of nitrogens with one attached hydrogen (secondary N) is 1. The number of hydrogen-bond donors (Lipinski definition) is 1. The van der Waals surface area contributed by atoms with E-state index in [1.807, 2.05) is 12.1 Å². The van der Waals surface area contributed by atoms with Gasteiger partial charge in [0.15, 0.2) is 0 Å². The summed E-state index contributed by atoms with van der Waals surface area (Å²) in [6, 6.07) is 6.10. The second-order valence-electron chi connectivity index (χ2n) is 6.71. The number of hydrogen-bond acceptors (Lipinski definition) is 4. The summed E-state index contributed by atoms with van der Waals surface area (Å²) in [4.78, 5) is 26.7. The van der Waals surface area contributed by atoms with Crippen LogP contribution in [0.2, 0.25) is 0 Å². The minimum Gasteiger partial charge on any atom is -0.341 e. The first-order chi connectivity index (χ1) is 11.7. The van der Waals surface area contributed by atoms with Crippen LogP contribution < -0.4 is 10.6 Å². The summed E-state index contributed by atoms with van der Waals surface area (Å²) in [5.74, 6) is 0.860. The molecule has 124 valence electrons. The van der Waals surface area contributed by atoms with Gasteiger partial charge in [-0.15, -0.1) is 0 Å². The molecule has 1 aliphatic carbocycles. The van der Waals surface area contributed by atoms with Gasteiger partial charge < -0.3 is 9.88 Å². The third-order valence-electron chi connectivity index (χ3n) is 5.24. The monoisotopic (exact) mass is 323 g/mol. The van der Waals surface area contributed by atoms with E-state index < -0.39 is 0 Å². The van der Waals surface area contributed by atoms with E-state index in [2.05, 4.69) is 16.0 Å². The van der Waals surface area contributed by atoms with Crippen LogP contribution in [0, 0.1) is 0 Å². The first kappa shape index (κ1) is 13.8. The van der Waals surface area contributed by atoms with Crippen molar-refractivity contribution in [3.05, 3.63) is 39.9 Å². The number of anilines is 1. The highest BCUT2D eigenvalue weighted by Crippen LogP contribution is 2.33. The highest BCUT2D eigenvalue weighted by molar-refractivity contribution is 5.82. The van der Waals surface area contributed by atoms with Crippen LogP contribution in [0.15, 0.2) is 23.0 Å². The Balaban J connectivity index is 0.00000157. The van der Waals surface area contributed by atoms with Crippen molar-refractivity contribution in [3.63, 3.8) is 0 Å². The van der Waals surface area contributed by atoms with Crippen LogP contribution in [0.4, 0.5) is 5.95 Å². The normalized spacial score (nSPS) is 16.5. The quantitative estimate of drug-likeness (QED) is 0.785. The van der Waals surface area contributed by atoms with Crippen LogP contribution in [-0.2, 0) is 19.9 Å². The molecule has 2 aliphatic rings. The summed E-state index contributed by atoms with van der Waals surface area (Å²) < 4.78 is 1.63. The lowest BCUT2D eigenvalue weighted by Crippen LogP contribution is -2.38. The number of nitrogens with zero attached hydrogens (tertiary/aromatic N) is 4. The fraction of sp³-hybridized carbons (Fsp3) is 0.389. The van der Waals surface area contributed by atoms with Crippen molar-refractivity contribution in [1.82, 2.24) is 19.5 Å². The van der Waals surface area contributed by atoms with Crippen LogP contribution in [0.5, 0.6) is 0 Å². The van der Waals surface area contributed by atoms with Gasteiger partial charge in [0.05, 0.1) is 16.7 Å². The Labute approximate surface area is 140 Å². The van der Waals surface area contributed by atoms with Gasteiger partial charge in [0.25, 0.3) is 0 Å². The lowest BCUT2D eigenvalue weighted by Gasteiger charge is -2.31. The first-order valence-corrected chi connectivity index (χ1v) is 8.54. The van der Waals surface area contributed by atoms with Crippen molar-refractivity contribution in [2.24, 2.45) is 7.05 Å². The zero-order chi connectivity index (χ0) is 16.3. The number of rotatable bonds is 2. The number of imidazole rings is 1. The molecule has 0 radical (unpaired) electrons. The zero-order valence-electron chi connectivity index (χ0n) is 13.7. The van der Waals surface area contributed by atoms with E-state index >= 15 is 0 Å². The minimum atomic E-state index is -0.0867. The molecule has 5 rings (SSSR count). The van der Waals surface area contributed by atoms with Crippen molar-refractivity contribution < 1.29 is 1.43 Å². The lowest BCUT2D eigenvalue weighted by atomic mass is 10.0. The molecule has 0 atom stereocenters. The van der Waals surface area contributed by atoms with Crippen LogP contribution in [0.25, 0.3) is 22.3 Å². The Bertz CT molecular complexity index is 1020. The molecule has 6 heteroatoms. The molecule has 2 aromatic heterocycles. The van der Waals surface area contributed by atoms with Crippen molar-refractivity contribution in [3.8, 4) is 11.3 Å². The Hall–Kier alpha value is -2.63. The van der Waals surface area contributed by atoms with E-state index in [1.165, 1.54) is 17.7 Å². The molecule has 1 N–H and O–H groups in total. The Kier molecular flexibility index (Phi) is 2.83. The fourth-order valence-corrected chi connectivity index (χ4v) is 3.70. The maximum Gasteiger partial charge on any atom is 0.326 e. The highest BCUT2D eigenvalue weighted by atomic mass is 16.1.